The summed E-state index contributed by atoms with van der Waals surface area (Å²) in [5.41, 5.74) is 14.2. The number of alkyl carbamates (subject to hydrolysis) is 3. The summed E-state index contributed by atoms with van der Waals surface area (Å²) in [5, 5.41) is 9.19. The average Bonchev–Trinajstić information content (AvgIpc) is 1.39. The maximum absolute atomic E-state index is 13.5. The molecule has 4 amide bonds. The SMILES string of the molecule is C=CC(=O)N(CCCCCCCC)CCC[C@@H](C)[C@H]1CC[C@H]2C3[C@H](OCCCNC(=O)OCC4c5ccccc5-c5ccccc54)CC4C[C@H](OCCCNC(=O)OCC5c6ccccc6-c6ccccc65)CCC4(C)[C@H]3C[C@H](OCCCNC(=O)OCC3c4ccccc4-c4ccccc43)C12C. The first kappa shape index (κ1) is 73.5. The molecule has 548 valence electrons. The lowest BCUT2D eigenvalue weighted by Gasteiger charge is -2.65. The minimum absolute atomic E-state index is 0.000199. The van der Waals surface area contributed by atoms with E-state index in [1.807, 2.05) is 4.90 Å². The molecule has 0 radical (unpaired) electrons. The topological polar surface area (TPSA) is 163 Å². The van der Waals surface area contributed by atoms with Crippen LogP contribution in [0.2, 0.25) is 0 Å². The van der Waals surface area contributed by atoms with Crippen molar-refractivity contribution < 1.29 is 47.6 Å². The molecule has 11 atom stereocenters. The minimum Gasteiger partial charge on any atom is -0.449 e. The van der Waals surface area contributed by atoms with Gasteiger partial charge in [-0.15, -0.1) is 0 Å². The first-order chi connectivity index (χ1) is 50.4. The number of carbonyl (C=O) groups is 4. The number of hydrogen-bond acceptors (Lipinski definition) is 10. The van der Waals surface area contributed by atoms with E-state index in [1.165, 1.54) is 98.5 Å². The standard InChI is InChI=1S/C89H112N4O10/c1-6-8-9-10-11-24-49-93(83(94)7-2)50-25-29-60(3)78-42-43-79-84-80(56-82(89(78,79)5)100-53-28-48-92-87(97)103-59-77-73-40-22-16-34-67(73)68-35-17-23-41-74(68)77)88(4)45-44-62(98-51-26-46-90-85(95)101-57-75-69-36-18-12-30-63(69)64-31-13-19-37-70(64)75)54-61(88)55-81(84)99-52-27-47-91-86(96)102-58-76-71-38-20-14-32-65(71)66-33-15-21-39-72(66)76/h7,12-23,30-41,60-62,75-82,84H,2,6,8-11,24-29,42-59H2,1,3-5H3,(H,90,95)(H,91,96)(H,92,97)/t60-,61?,62-,78-,79+,80+,81-,82+,84?,88?,89?/m1/s1. The van der Waals surface area contributed by atoms with E-state index in [1.54, 1.807) is 0 Å². The van der Waals surface area contributed by atoms with Crippen LogP contribution in [0.25, 0.3) is 33.4 Å². The van der Waals surface area contributed by atoms with Crippen molar-refractivity contribution in [3.63, 3.8) is 0 Å². The number of nitrogens with one attached hydrogen (secondary N) is 3. The number of ether oxygens (including phenoxy) is 6. The molecule has 103 heavy (non-hydrogen) atoms. The van der Waals surface area contributed by atoms with Crippen molar-refractivity contribution in [1.29, 1.82) is 0 Å². The molecule has 0 heterocycles. The molecule has 4 unspecified atom stereocenters. The predicted octanol–water partition coefficient (Wildman–Crippen LogP) is 18.6. The number of benzene rings is 6. The van der Waals surface area contributed by atoms with Crippen molar-refractivity contribution in [2.45, 2.75) is 179 Å². The second-order valence-electron chi connectivity index (χ2n) is 31.3. The van der Waals surface area contributed by atoms with E-state index in [9.17, 15) is 19.2 Å². The van der Waals surface area contributed by atoms with Crippen LogP contribution in [-0.2, 0) is 33.2 Å². The quantitative estimate of drug-likeness (QED) is 0.0201. The van der Waals surface area contributed by atoms with Crippen LogP contribution in [0, 0.1) is 46.3 Å². The molecule has 7 aliphatic rings. The van der Waals surface area contributed by atoms with Crippen molar-refractivity contribution in [2.24, 2.45) is 46.3 Å². The van der Waals surface area contributed by atoms with Crippen molar-refractivity contribution in [3.05, 3.63) is 192 Å². The Kier molecular flexibility index (Phi) is 24.6. The molecule has 0 saturated heterocycles. The maximum atomic E-state index is 13.5. The molecule has 0 spiro atoms. The van der Waals surface area contributed by atoms with E-state index in [4.69, 9.17) is 28.4 Å². The molecule has 14 nitrogen and oxygen atoms in total. The molecular formula is C89H112N4O10. The van der Waals surface area contributed by atoms with Crippen LogP contribution in [0.3, 0.4) is 0 Å². The van der Waals surface area contributed by atoms with E-state index in [0.717, 1.165) is 83.7 Å². The third kappa shape index (κ3) is 16.2. The van der Waals surface area contributed by atoms with Gasteiger partial charge in [-0.25, -0.2) is 14.4 Å². The van der Waals surface area contributed by atoms with Gasteiger partial charge >= 0.3 is 18.3 Å². The number of rotatable bonds is 34. The van der Waals surface area contributed by atoms with Crippen LogP contribution in [-0.4, -0.2) is 120 Å². The zero-order chi connectivity index (χ0) is 71.3. The Hall–Kier alpha value is -7.78. The molecule has 6 aromatic carbocycles. The Bertz CT molecular complexity index is 3740. The molecule has 6 aromatic rings. The number of amides is 4. The Morgan fingerprint density at radius 2 is 0.932 bits per heavy atom. The summed E-state index contributed by atoms with van der Waals surface area (Å²) in [7, 11) is 0. The summed E-state index contributed by atoms with van der Waals surface area (Å²) in [4.78, 5) is 55.6. The van der Waals surface area contributed by atoms with Gasteiger partial charge in [0.25, 0.3) is 0 Å². The van der Waals surface area contributed by atoms with Crippen LogP contribution in [0.15, 0.2) is 158 Å². The lowest BCUT2D eigenvalue weighted by atomic mass is 9.43. The van der Waals surface area contributed by atoms with Crippen LogP contribution >= 0.6 is 0 Å². The summed E-state index contributed by atoms with van der Waals surface area (Å²) in [6, 6.07) is 50.4. The first-order valence-electron chi connectivity index (χ1n) is 39.4. The summed E-state index contributed by atoms with van der Waals surface area (Å²) >= 11 is 0. The van der Waals surface area contributed by atoms with E-state index in [-0.39, 0.29) is 72.6 Å². The van der Waals surface area contributed by atoms with Crippen LogP contribution < -0.4 is 16.0 Å². The summed E-state index contributed by atoms with van der Waals surface area (Å²) in [6.07, 6.45) is 18.3. The van der Waals surface area contributed by atoms with Gasteiger partial charge in [0, 0.05) is 75.7 Å². The Labute approximate surface area is 612 Å². The van der Waals surface area contributed by atoms with Gasteiger partial charge in [-0.3, -0.25) is 4.79 Å². The zero-order valence-electron chi connectivity index (χ0n) is 61.6. The highest BCUT2D eigenvalue weighted by Crippen LogP contribution is 2.69. The third-order valence-corrected chi connectivity index (χ3v) is 25.6. The number of hydrogen-bond donors (Lipinski definition) is 3. The number of unbranched alkanes of at least 4 members (excludes halogenated alkanes) is 5. The van der Waals surface area contributed by atoms with Gasteiger partial charge in [-0.1, -0.05) is 212 Å². The van der Waals surface area contributed by atoms with Crippen LogP contribution in [0.4, 0.5) is 14.4 Å². The Morgan fingerprint density at radius 1 is 0.505 bits per heavy atom. The molecule has 0 aromatic heterocycles. The fourth-order valence-corrected chi connectivity index (χ4v) is 20.4. The molecule has 14 heteroatoms. The maximum Gasteiger partial charge on any atom is 0.407 e. The molecule has 4 saturated carbocycles. The van der Waals surface area contributed by atoms with Gasteiger partial charge in [-0.05, 0) is 197 Å². The second kappa shape index (κ2) is 34.4. The van der Waals surface area contributed by atoms with Crippen LogP contribution in [0.1, 0.15) is 194 Å². The molecule has 13 rings (SSSR count). The molecular weight excluding hydrogens is 1280 g/mol. The predicted molar refractivity (Wildman–Crippen MR) is 407 cm³/mol. The number of nitrogens with zero attached hydrogens (tertiary/aromatic N) is 1. The average molecular weight is 1400 g/mol. The lowest BCUT2D eigenvalue weighted by Crippen LogP contribution is -2.63. The summed E-state index contributed by atoms with van der Waals surface area (Å²) in [5.74, 6) is 2.08. The van der Waals surface area contributed by atoms with Gasteiger partial charge in [-0.2, -0.15) is 0 Å². The van der Waals surface area contributed by atoms with Crippen molar-refractivity contribution in [1.82, 2.24) is 20.9 Å². The minimum atomic E-state index is -0.414. The highest BCUT2D eigenvalue weighted by Gasteiger charge is 2.67. The zero-order valence-corrected chi connectivity index (χ0v) is 61.6. The Balaban J connectivity index is 0.672. The fourth-order valence-electron chi connectivity index (χ4n) is 20.4. The normalized spacial score (nSPS) is 24.3. The lowest BCUT2D eigenvalue weighted by molar-refractivity contribution is -0.227. The first-order valence-corrected chi connectivity index (χ1v) is 39.4. The molecule has 7 aliphatic carbocycles. The van der Waals surface area contributed by atoms with Gasteiger partial charge in [0.05, 0.1) is 18.3 Å². The fraction of sp³-hybridized carbons (Fsp3) is 0.528. The summed E-state index contributed by atoms with van der Waals surface area (Å²) < 4.78 is 39.5. The van der Waals surface area contributed by atoms with E-state index >= 15 is 0 Å². The van der Waals surface area contributed by atoms with Gasteiger partial charge in [0.15, 0.2) is 0 Å². The number of fused-ring (bicyclic) bond motifs is 14. The third-order valence-electron chi connectivity index (χ3n) is 25.6. The van der Waals surface area contributed by atoms with Gasteiger partial charge in [0.2, 0.25) is 5.91 Å². The van der Waals surface area contributed by atoms with E-state index in [2.05, 4.69) is 196 Å². The largest absolute Gasteiger partial charge is 0.449 e. The highest BCUT2D eigenvalue weighted by atomic mass is 16.6. The monoisotopic (exact) mass is 1400 g/mol. The number of carbonyl (C=O) groups excluding carboxylic acids is 4. The molecule has 0 bridgehead atoms. The van der Waals surface area contributed by atoms with E-state index < -0.39 is 18.3 Å². The van der Waals surface area contributed by atoms with Gasteiger partial charge in [0.1, 0.15) is 19.8 Å². The molecule has 0 aliphatic heterocycles. The molecule has 4 fully saturated rings. The van der Waals surface area contributed by atoms with Crippen molar-refractivity contribution in [2.75, 3.05) is 72.4 Å². The summed E-state index contributed by atoms with van der Waals surface area (Å²) in [6.45, 7) is 18.9. The van der Waals surface area contributed by atoms with Crippen molar-refractivity contribution >= 4 is 24.2 Å². The smallest absolute Gasteiger partial charge is 0.407 e. The van der Waals surface area contributed by atoms with Crippen LogP contribution in [0.5, 0.6) is 0 Å². The molecule has 3 N–H and O–H groups in total. The van der Waals surface area contributed by atoms with Crippen molar-refractivity contribution in [3.8, 4) is 33.4 Å². The van der Waals surface area contributed by atoms with Gasteiger partial charge < -0.3 is 49.3 Å². The van der Waals surface area contributed by atoms with E-state index in [0.29, 0.717) is 94.2 Å². The Morgan fingerprint density at radius 3 is 1.40 bits per heavy atom. The second-order valence-corrected chi connectivity index (χ2v) is 31.3. The highest BCUT2D eigenvalue weighted by molar-refractivity contribution is 5.87.